The number of quaternary nitrogens is 1. The van der Waals surface area contributed by atoms with Gasteiger partial charge in [0.2, 0.25) is 5.82 Å². The van der Waals surface area contributed by atoms with Gasteiger partial charge in [0.25, 0.3) is 16.2 Å². The Morgan fingerprint density at radius 3 is 2.14 bits per heavy atom. The van der Waals surface area contributed by atoms with Crippen LogP contribution >= 0.6 is 0 Å². The number of hydrogen-bond acceptors (Lipinski definition) is 8. The van der Waals surface area contributed by atoms with Crippen LogP contribution < -0.4 is 13.4 Å². The van der Waals surface area contributed by atoms with Crippen molar-refractivity contribution in [2.45, 2.75) is 0 Å². The number of hydrogen-bond donors (Lipinski definition) is 0. The van der Waals surface area contributed by atoms with Crippen molar-refractivity contribution in [1.82, 2.24) is 14.0 Å². The van der Waals surface area contributed by atoms with E-state index in [4.69, 9.17) is 14.0 Å². The number of ether oxygens (including phenoxy) is 2. The lowest BCUT2D eigenvalue weighted by Crippen LogP contribution is -2.46. The van der Waals surface area contributed by atoms with Crippen LogP contribution in [0.15, 0.2) is 47.0 Å². The minimum absolute atomic E-state index is 0.290. The lowest BCUT2D eigenvalue weighted by atomic mass is 10.2. The van der Waals surface area contributed by atoms with Crippen molar-refractivity contribution < 1.29 is 27.0 Å². The third kappa shape index (κ3) is 3.57. The van der Waals surface area contributed by atoms with E-state index < -0.39 is 14.2 Å². The molecule has 0 unspecified atom stereocenters. The van der Waals surface area contributed by atoms with E-state index in [1.54, 1.807) is 37.4 Å². The predicted molar refractivity (Wildman–Crippen MR) is 102 cm³/mol. The van der Waals surface area contributed by atoms with Gasteiger partial charge in [-0.1, -0.05) is 5.16 Å². The Balaban J connectivity index is 1.91. The minimum atomic E-state index is -4.56. The predicted octanol–water partition coefficient (Wildman–Crippen LogP) is 2.45. The average molecular weight is 405 g/mol. The number of rotatable bonds is 6. The molecule has 0 fully saturated rings. The van der Waals surface area contributed by atoms with Gasteiger partial charge in [-0.05, 0) is 30.3 Å². The smallest absolute Gasteiger partial charge is 0.258 e. The lowest BCUT2D eigenvalue weighted by Gasteiger charge is -2.30. The number of nitrogens with zero attached hydrogens (tertiary/aromatic N) is 3. The first-order valence-corrected chi connectivity index (χ1v) is 9.51. The van der Waals surface area contributed by atoms with Crippen LogP contribution in [0.2, 0.25) is 0 Å². The van der Waals surface area contributed by atoms with Crippen LogP contribution in [0.3, 0.4) is 0 Å². The SMILES string of the molecule is COc1ccc(-c2nc(-c3ccc([N+](C)(C)S(=O)(=O)[O-])cc3)no2)cc1OC. The molecule has 3 aromatic rings. The molecule has 0 saturated carbocycles. The quantitative estimate of drug-likeness (QED) is 0.454. The maximum absolute atomic E-state index is 11.4. The summed E-state index contributed by atoms with van der Waals surface area (Å²) >= 11 is 0. The maximum Gasteiger partial charge on any atom is 0.258 e. The van der Waals surface area contributed by atoms with Gasteiger partial charge >= 0.3 is 0 Å². The highest BCUT2D eigenvalue weighted by molar-refractivity contribution is 7.85. The molecule has 0 atom stereocenters. The normalized spacial score (nSPS) is 12.0. The van der Waals surface area contributed by atoms with Crippen molar-refractivity contribution >= 4 is 16.0 Å². The molecule has 1 aromatic heterocycles. The number of methoxy groups -OCH3 is 2. The van der Waals surface area contributed by atoms with E-state index in [0.717, 1.165) is 0 Å². The van der Waals surface area contributed by atoms with E-state index in [0.29, 0.717) is 40.0 Å². The molecule has 0 bridgehead atoms. The van der Waals surface area contributed by atoms with Crippen LogP contribution in [0.1, 0.15) is 0 Å². The van der Waals surface area contributed by atoms with Crippen molar-refractivity contribution in [3.8, 4) is 34.3 Å². The van der Waals surface area contributed by atoms with Crippen LogP contribution in [0.25, 0.3) is 22.8 Å². The Morgan fingerprint density at radius 2 is 1.57 bits per heavy atom. The zero-order valence-electron chi connectivity index (χ0n) is 15.7. The molecular formula is C18H19N3O6S. The van der Waals surface area contributed by atoms with Crippen molar-refractivity contribution in [3.05, 3.63) is 42.5 Å². The molecule has 0 saturated heterocycles. The second kappa shape index (κ2) is 7.23. The van der Waals surface area contributed by atoms with Gasteiger partial charge in [0.05, 0.1) is 28.3 Å². The van der Waals surface area contributed by atoms with Crippen LogP contribution in [-0.2, 0) is 10.3 Å². The molecule has 10 heteroatoms. The maximum atomic E-state index is 11.4. The van der Waals surface area contributed by atoms with Crippen molar-refractivity contribution in [1.29, 1.82) is 0 Å². The first kappa shape index (κ1) is 19.8. The Morgan fingerprint density at radius 1 is 0.964 bits per heavy atom. The summed E-state index contributed by atoms with van der Waals surface area (Å²) in [5, 5.41) is 3.96. The van der Waals surface area contributed by atoms with Gasteiger partial charge in [0, 0.05) is 23.3 Å². The monoisotopic (exact) mass is 405 g/mol. The number of aromatic nitrogens is 2. The summed E-state index contributed by atoms with van der Waals surface area (Å²) in [5.41, 5.74) is 1.59. The van der Waals surface area contributed by atoms with Crippen molar-refractivity contribution in [3.63, 3.8) is 0 Å². The molecule has 0 radical (unpaired) electrons. The Hall–Kier alpha value is -2.95. The fourth-order valence-electron chi connectivity index (χ4n) is 2.53. The van der Waals surface area contributed by atoms with E-state index in [2.05, 4.69) is 10.1 Å². The van der Waals surface area contributed by atoms with E-state index in [1.807, 2.05) is 0 Å². The fourth-order valence-corrected chi connectivity index (χ4v) is 2.91. The number of benzene rings is 2. The van der Waals surface area contributed by atoms with Gasteiger partial charge < -0.3 is 18.5 Å². The Labute approximate surface area is 162 Å². The third-order valence-electron chi connectivity index (χ3n) is 4.36. The molecule has 2 aromatic carbocycles. The third-order valence-corrected chi connectivity index (χ3v) is 5.69. The summed E-state index contributed by atoms with van der Waals surface area (Å²) in [4.78, 5) is 4.36. The summed E-state index contributed by atoms with van der Waals surface area (Å²) in [6.07, 6.45) is 0. The fraction of sp³-hybridized carbons (Fsp3) is 0.222. The molecule has 0 aliphatic rings. The molecule has 28 heavy (non-hydrogen) atoms. The van der Waals surface area contributed by atoms with Gasteiger partial charge in [0.15, 0.2) is 11.5 Å². The lowest BCUT2D eigenvalue weighted by molar-refractivity contribution is 0.355. The van der Waals surface area contributed by atoms with Crippen LogP contribution in [0.4, 0.5) is 5.69 Å². The highest BCUT2D eigenvalue weighted by atomic mass is 32.2. The largest absolute Gasteiger partial charge is 0.701 e. The van der Waals surface area contributed by atoms with E-state index in [9.17, 15) is 13.0 Å². The highest BCUT2D eigenvalue weighted by Crippen LogP contribution is 2.32. The Bertz CT molecular complexity index is 1090. The molecule has 148 valence electrons. The van der Waals surface area contributed by atoms with Crippen LogP contribution in [0.5, 0.6) is 11.5 Å². The van der Waals surface area contributed by atoms with Gasteiger partial charge in [-0.25, -0.2) is 3.89 Å². The van der Waals surface area contributed by atoms with E-state index >= 15 is 0 Å². The standard InChI is InChI=1S/C18H19N3O6S/c1-21(2,28(22,23)24)14-8-5-12(6-9-14)17-19-18(27-20-17)13-7-10-15(25-3)16(11-13)26-4/h5-11H,1-4H3. The van der Waals surface area contributed by atoms with Gasteiger partial charge in [-0.3, -0.25) is 0 Å². The highest BCUT2D eigenvalue weighted by Gasteiger charge is 2.27. The van der Waals surface area contributed by atoms with Gasteiger partial charge in [-0.2, -0.15) is 13.4 Å². The zero-order valence-corrected chi connectivity index (χ0v) is 16.6. The van der Waals surface area contributed by atoms with E-state index in [1.165, 1.54) is 33.3 Å². The molecule has 3 rings (SSSR count). The second-order valence-electron chi connectivity index (χ2n) is 6.32. The molecule has 0 aliphatic carbocycles. The summed E-state index contributed by atoms with van der Waals surface area (Å²) in [6.45, 7) is 0. The molecule has 0 aliphatic heterocycles. The van der Waals surface area contributed by atoms with Crippen molar-refractivity contribution in [2.75, 3.05) is 28.3 Å². The summed E-state index contributed by atoms with van der Waals surface area (Å²) in [7, 11) is 1.13. The topological polar surface area (TPSA) is 115 Å². The summed E-state index contributed by atoms with van der Waals surface area (Å²) < 4.78 is 49.3. The average Bonchev–Trinajstić information content (AvgIpc) is 3.16. The minimum Gasteiger partial charge on any atom is -0.701 e. The summed E-state index contributed by atoms with van der Waals surface area (Å²) in [6, 6.07) is 11.6. The molecule has 9 nitrogen and oxygen atoms in total. The van der Waals surface area contributed by atoms with Crippen LogP contribution in [0, 0.1) is 0 Å². The first-order chi connectivity index (χ1) is 13.2. The molecule has 0 N–H and O–H groups in total. The van der Waals surface area contributed by atoms with Crippen LogP contribution in [-0.4, -0.2) is 51.4 Å². The van der Waals surface area contributed by atoms with E-state index in [-0.39, 0.29) is 0 Å². The first-order valence-electron chi connectivity index (χ1n) is 8.14. The Kier molecular flexibility index (Phi) is 5.11. The van der Waals surface area contributed by atoms with Crippen molar-refractivity contribution in [2.24, 2.45) is 0 Å². The molecule has 0 amide bonds. The second-order valence-corrected chi connectivity index (χ2v) is 8.09. The zero-order chi connectivity index (χ0) is 20.5. The van der Waals surface area contributed by atoms with Gasteiger partial charge in [0.1, 0.15) is 5.69 Å². The molecular weight excluding hydrogens is 386 g/mol. The summed E-state index contributed by atoms with van der Waals surface area (Å²) in [5.74, 6) is 1.73. The van der Waals surface area contributed by atoms with Gasteiger partial charge in [-0.15, -0.1) is 0 Å². The molecule has 0 spiro atoms. The molecule has 1 heterocycles.